The van der Waals surface area contributed by atoms with Crippen LogP contribution < -0.4 is 0 Å². The molecule has 6 heteroatoms. The van der Waals surface area contributed by atoms with Crippen LogP contribution in [0.3, 0.4) is 0 Å². The normalized spacial score (nSPS) is 12.6. The summed E-state index contributed by atoms with van der Waals surface area (Å²) in [5.74, 6) is -1.46. The minimum absolute atomic E-state index is 0.0998. The molecule has 0 bridgehead atoms. The predicted molar refractivity (Wildman–Crippen MR) is 94.8 cm³/mol. The third-order valence-corrected chi connectivity index (χ3v) is 4.30. The molecule has 3 rings (SSSR count). The van der Waals surface area contributed by atoms with E-state index < -0.39 is 11.9 Å². The van der Waals surface area contributed by atoms with Crippen LogP contribution in [0.15, 0.2) is 36.4 Å². The highest BCUT2D eigenvalue weighted by Gasteiger charge is 2.23. The molecule has 130 valence electrons. The van der Waals surface area contributed by atoms with Gasteiger partial charge in [0.25, 0.3) is 0 Å². The van der Waals surface area contributed by atoms with Gasteiger partial charge in [-0.25, -0.2) is 0 Å². The van der Waals surface area contributed by atoms with Gasteiger partial charge in [0.1, 0.15) is 22.7 Å². The number of hydrogen-bond acceptors (Lipinski definition) is 4. The summed E-state index contributed by atoms with van der Waals surface area (Å²) in [4.78, 5) is 13.2. The van der Waals surface area contributed by atoms with Crippen LogP contribution in [0.25, 0.3) is 11.0 Å². The number of hydrogen-bond donors (Lipinski definition) is 2. The van der Waals surface area contributed by atoms with Crippen molar-refractivity contribution in [2.45, 2.75) is 39.2 Å². The van der Waals surface area contributed by atoms with Crippen molar-refractivity contribution < 1.29 is 15.0 Å². The van der Waals surface area contributed by atoms with E-state index in [1.165, 1.54) is 4.80 Å². The van der Waals surface area contributed by atoms with Gasteiger partial charge < -0.3 is 10.2 Å². The summed E-state index contributed by atoms with van der Waals surface area (Å²) >= 11 is 0. The van der Waals surface area contributed by atoms with E-state index in [0.29, 0.717) is 5.56 Å². The first kappa shape index (κ1) is 17.0. The molecule has 0 fully saturated rings. The quantitative estimate of drug-likeness (QED) is 0.743. The zero-order chi connectivity index (χ0) is 18.1. The highest BCUT2D eigenvalue weighted by molar-refractivity contribution is 5.77. The number of phenolic OH excluding ortho intramolecular Hbond substituents is 1. The SMILES string of the molecule is Cc1ccc2nn(CC(C(=O)O)c3ccc(O)c(C(C)C)c3)nc2c1. The van der Waals surface area contributed by atoms with Crippen molar-refractivity contribution >= 4 is 17.0 Å². The van der Waals surface area contributed by atoms with Gasteiger partial charge in [-0.3, -0.25) is 4.79 Å². The fourth-order valence-electron chi connectivity index (χ4n) is 2.89. The predicted octanol–water partition coefficient (Wildman–Crippen LogP) is 3.44. The van der Waals surface area contributed by atoms with Gasteiger partial charge in [0.15, 0.2) is 0 Å². The molecule has 2 aromatic carbocycles. The van der Waals surface area contributed by atoms with E-state index in [9.17, 15) is 15.0 Å². The Labute approximate surface area is 145 Å². The average Bonchev–Trinajstić information content (AvgIpc) is 2.94. The van der Waals surface area contributed by atoms with Gasteiger partial charge in [-0.15, -0.1) is 0 Å². The van der Waals surface area contributed by atoms with Crippen molar-refractivity contribution in [1.29, 1.82) is 0 Å². The van der Waals surface area contributed by atoms with Crippen molar-refractivity contribution in [2.75, 3.05) is 0 Å². The summed E-state index contributed by atoms with van der Waals surface area (Å²) in [7, 11) is 0. The fourth-order valence-corrected chi connectivity index (χ4v) is 2.89. The van der Waals surface area contributed by atoms with Gasteiger partial charge in [-0.2, -0.15) is 15.0 Å². The summed E-state index contributed by atoms with van der Waals surface area (Å²) in [5.41, 5.74) is 3.93. The van der Waals surface area contributed by atoms with E-state index in [2.05, 4.69) is 10.2 Å². The molecule has 0 radical (unpaired) electrons. The number of rotatable bonds is 5. The van der Waals surface area contributed by atoms with Crippen molar-refractivity contribution in [3.63, 3.8) is 0 Å². The van der Waals surface area contributed by atoms with E-state index >= 15 is 0 Å². The molecule has 2 N–H and O–H groups in total. The van der Waals surface area contributed by atoms with Crippen molar-refractivity contribution in [3.05, 3.63) is 53.1 Å². The number of aromatic hydroxyl groups is 1. The number of aromatic nitrogens is 3. The van der Waals surface area contributed by atoms with E-state index in [0.717, 1.165) is 22.2 Å². The highest BCUT2D eigenvalue weighted by Crippen LogP contribution is 2.30. The number of benzene rings is 2. The largest absolute Gasteiger partial charge is 0.508 e. The van der Waals surface area contributed by atoms with E-state index in [1.807, 2.05) is 39.0 Å². The van der Waals surface area contributed by atoms with Gasteiger partial charge in [0, 0.05) is 0 Å². The molecule has 1 atom stereocenters. The van der Waals surface area contributed by atoms with Crippen LogP contribution in [0.2, 0.25) is 0 Å². The number of carboxylic acids is 1. The van der Waals surface area contributed by atoms with Gasteiger partial charge in [-0.1, -0.05) is 32.0 Å². The van der Waals surface area contributed by atoms with Crippen LogP contribution in [0.5, 0.6) is 5.75 Å². The number of aryl methyl sites for hydroxylation is 1. The topological polar surface area (TPSA) is 88.2 Å². The third kappa shape index (κ3) is 3.47. The van der Waals surface area contributed by atoms with E-state index in [4.69, 9.17) is 0 Å². The summed E-state index contributed by atoms with van der Waals surface area (Å²) in [6.07, 6.45) is 0. The van der Waals surface area contributed by atoms with Crippen LogP contribution in [0, 0.1) is 6.92 Å². The lowest BCUT2D eigenvalue weighted by Gasteiger charge is -2.15. The lowest BCUT2D eigenvalue weighted by atomic mass is 9.93. The van der Waals surface area contributed by atoms with E-state index in [-0.39, 0.29) is 18.2 Å². The lowest BCUT2D eigenvalue weighted by Crippen LogP contribution is -2.20. The molecule has 0 saturated heterocycles. The van der Waals surface area contributed by atoms with Gasteiger partial charge in [0.05, 0.1) is 6.54 Å². The second-order valence-corrected chi connectivity index (χ2v) is 6.61. The Kier molecular flexibility index (Phi) is 4.44. The standard InChI is InChI=1S/C19H21N3O3/c1-11(2)14-9-13(5-7-18(14)23)15(19(24)25)10-22-20-16-6-4-12(3)8-17(16)21-22/h4-9,11,15,23H,10H2,1-3H3,(H,24,25). The van der Waals surface area contributed by atoms with Gasteiger partial charge in [0.2, 0.25) is 0 Å². The smallest absolute Gasteiger partial charge is 0.312 e. The molecule has 0 saturated carbocycles. The summed E-state index contributed by atoms with van der Waals surface area (Å²) in [5, 5.41) is 28.4. The highest BCUT2D eigenvalue weighted by atomic mass is 16.4. The van der Waals surface area contributed by atoms with Crippen LogP contribution >= 0.6 is 0 Å². The first-order valence-electron chi connectivity index (χ1n) is 8.22. The number of nitrogens with zero attached hydrogens (tertiary/aromatic N) is 3. The maximum absolute atomic E-state index is 11.8. The summed E-state index contributed by atoms with van der Waals surface area (Å²) in [6.45, 7) is 6.02. The minimum Gasteiger partial charge on any atom is -0.508 e. The van der Waals surface area contributed by atoms with Crippen LogP contribution in [-0.4, -0.2) is 31.2 Å². The molecule has 0 amide bonds. The molecule has 1 unspecified atom stereocenters. The minimum atomic E-state index is -0.946. The Morgan fingerprint density at radius 3 is 2.52 bits per heavy atom. The molecule has 3 aromatic rings. The molecule has 6 nitrogen and oxygen atoms in total. The van der Waals surface area contributed by atoms with Crippen LogP contribution in [-0.2, 0) is 11.3 Å². The third-order valence-electron chi connectivity index (χ3n) is 4.30. The molecular formula is C19H21N3O3. The molecule has 1 heterocycles. The average molecular weight is 339 g/mol. The summed E-state index contributed by atoms with van der Waals surface area (Å²) < 4.78 is 0. The number of carboxylic acid groups (broad SMARTS) is 1. The molecule has 1 aromatic heterocycles. The Bertz CT molecular complexity index is 931. The van der Waals surface area contributed by atoms with Crippen molar-refractivity contribution in [3.8, 4) is 5.75 Å². The number of carbonyl (C=O) groups is 1. The van der Waals surface area contributed by atoms with Crippen molar-refractivity contribution in [1.82, 2.24) is 15.0 Å². The fraction of sp³-hybridized carbons (Fsp3) is 0.316. The zero-order valence-electron chi connectivity index (χ0n) is 14.5. The maximum atomic E-state index is 11.8. The number of phenols is 1. The lowest BCUT2D eigenvalue weighted by molar-refractivity contribution is -0.139. The first-order valence-corrected chi connectivity index (χ1v) is 8.22. The second kappa shape index (κ2) is 6.55. The molecule has 0 aliphatic carbocycles. The van der Waals surface area contributed by atoms with Gasteiger partial charge in [-0.05, 0) is 47.7 Å². The molecule has 0 spiro atoms. The van der Waals surface area contributed by atoms with E-state index in [1.54, 1.807) is 18.2 Å². The molecular weight excluding hydrogens is 318 g/mol. The Morgan fingerprint density at radius 1 is 1.12 bits per heavy atom. The maximum Gasteiger partial charge on any atom is 0.312 e. The van der Waals surface area contributed by atoms with Gasteiger partial charge >= 0.3 is 5.97 Å². The molecule has 0 aliphatic rings. The monoisotopic (exact) mass is 339 g/mol. The Hall–Kier alpha value is -2.89. The molecule has 25 heavy (non-hydrogen) atoms. The number of fused-ring (bicyclic) bond motifs is 1. The second-order valence-electron chi connectivity index (χ2n) is 6.61. The van der Waals surface area contributed by atoms with Crippen LogP contribution in [0.4, 0.5) is 0 Å². The zero-order valence-corrected chi connectivity index (χ0v) is 14.5. The number of aliphatic carboxylic acids is 1. The summed E-state index contributed by atoms with van der Waals surface area (Å²) in [6, 6.07) is 10.7. The Balaban J connectivity index is 1.96. The van der Waals surface area contributed by atoms with Crippen molar-refractivity contribution in [2.24, 2.45) is 0 Å². The first-order chi connectivity index (χ1) is 11.8. The molecule has 0 aliphatic heterocycles. The Morgan fingerprint density at radius 2 is 1.84 bits per heavy atom. The van der Waals surface area contributed by atoms with Crippen LogP contribution in [0.1, 0.15) is 42.4 Å².